The quantitative estimate of drug-likeness (QED) is 0.394. The highest BCUT2D eigenvalue weighted by molar-refractivity contribution is 7.09. The summed E-state index contributed by atoms with van der Waals surface area (Å²) < 4.78 is 11.4. The van der Waals surface area contributed by atoms with Crippen LogP contribution in [0.3, 0.4) is 0 Å². The number of aromatic nitrogens is 1. The van der Waals surface area contributed by atoms with Gasteiger partial charge in [0.05, 0.1) is 34.7 Å². The Morgan fingerprint density at radius 2 is 1.97 bits per heavy atom. The van der Waals surface area contributed by atoms with Crippen molar-refractivity contribution in [1.29, 1.82) is 0 Å². The van der Waals surface area contributed by atoms with Gasteiger partial charge in [0.2, 0.25) is 0 Å². The summed E-state index contributed by atoms with van der Waals surface area (Å²) in [6.07, 6.45) is 5.58. The zero-order chi connectivity index (χ0) is 28.7. The van der Waals surface area contributed by atoms with Crippen LogP contribution in [0.4, 0.5) is 0 Å². The number of carbonyl (C=O) groups excluding carboxylic acids is 3. The molecule has 214 valence electrons. The van der Waals surface area contributed by atoms with Crippen molar-refractivity contribution in [2.24, 2.45) is 17.3 Å². The van der Waals surface area contributed by atoms with E-state index < -0.39 is 48.0 Å². The van der Waals surface area contributed by atoms with E-state index in [2.05, 4.69) is 4.98 Å². The van der Waals surface area contributed by atoms with E-state index in [-0.39, 0.29) is 24.7 Å². The molecule has 9 heteroatoms. The van der Waals surface area contributed by atoms with Crippen LogP contribution in [0.5, 0.6) is 0 Å². The molecule has 2 N–H and O–H groups in total. The van der Waals surface area contributed by atoms with Gasteiger partial charge in [-0.2, -0.15) is 0 Å². The molecular weight excluding hydrogens is 518 g/mol. The highest BCUT2D eigenvalue weighted by Crippen LogP contribution is 2.36. The average molecular weight is 560 g/mol. The van der Waals surface area contributed by atoms with E-state index in [0.717, 1.165) is 28.3 Å². The fourth-order valence-electron chi connectivity index (χ4n) is 5.20. The van der Waals surface area contributed by atoms with Crippen LogP contribution in [-0.2, 0) is 23.9 Å². The molecule has 0 unspecified atom stereocenters. The molecule has 1 aromatic heterocycles. The predicted molar refractivity (Wildman–Crippen MR) is 150 cm³/mol. The molecule has 8 nitrogen and oxygen atoms in total. The molecule has 0 amide bonds. The molecule has 0 radical (unpaired) electrons. The smallest absolute Gasteiger partial charge is 0.330 e. The SMILES string of the molecule is C/C(=C\c1csc(C)n1)[C@@H]1C/C=C2\CCC[C@H](C)[C@@H](O)[C@H](C)C(=O)[C@@](C)(C/C=C/C(=O)OC2)[C@@H](O)CC(=O)O1. The van der Waals surface area contributed by atoms with Gasteiger partial charge in [0, 0.05) is 23.8 Å². The number of fused-ring (bicyclic) bond motifs is 6. The Balaban J connectivity index is 2.06. The summed E-state index contributed by atoms with van der Waals surface area (Å²) in [6.45, 7) is 9.01. The molecule has 39 heavy (non-hydrogen) atoms. The lowest BCUT2D eigenvalue weighted by Crippen LogP contribution is -2.47. The number of cyclic esters (lactones) is 1. The van der Waals surface area contributed by atoms with Gasteiger partial charge in [0.15, 0.2) is 0 Å². The van der Waals surface area contributed by atoms with Crippen LogP contribution in [0.2, 0.25) is 0 Å². The largest absolute Gasteiger partial charge is 0.458 e. The zero-order valence-electron chi connectivity index (χ0n) is 23.5. The summed E-state index contributed by atoms with van der Waals surface area (Å²) in [6, 6.07) is 0. The molecule has 0 aliphatic carbocycles. The van der Waals surface area contributed by atoms with Crippen molar-refractivity contribution in [3.63, 3.8) is 0 Å². The van der Waals surface area contributed by atoms with Gasteiger partial charge in [-0.15, -0.1) is 11.3 Å². The molecular formula is C30H41NO7S. The fraction of sp³-hybridized carbons (Fsp3) is 0.600. The normalized spacial score (nSPS) is 34.5. The first kappa shape index (κ1) is 30.9. The molecule has 2 aliphatic rings. The van der Waals surface area contributed by atoms with E-state index in [4.69, 9.17) is 9.47 Å². The van der Waals surface area contributed by atoms with Crippen molar-refractivity contribution >= 4 is 35.1 Å². The Morgan fingerprint density at radius 3 is 2.67 bits per heavy atom. The maximum absolute atomic E-state index is 13.7. The highest BCUT2D eigenvalue weighted by Gasteiger charge is 2.45. The van der Waals surface area contributed by atoms with Crippen LogP contribution in [0, 0.1) is 24.2 Å². The molecule has 1 aromatic rings. The minimum Gasteiger partial charge on any atom is -0.458 e. The summed E-state index contributed by atoms with van der Waals surface area (Å²) in [4.78, 5) is 43.8. The number of ether oxygens (including phenoxy) is 2. The van der Waals surface area contributed by atoms with Crippen molar-refractivity contribution in [3.8, 4) is 0 Å². The van der Waals surface area contributed by atoms with E-state index in [1.807, 2.05) is 38.3 Å². The lowest BCUT2D eigenvalue weighted by atomic mass is 9.69. The molecule has 2 aliphatic heterocycles. The van der Waals surface area contributed by atoms with Crippen molar-refractivity contribution < 1.29 is 34.1 Å². The van der Waals surface area contributed by atoms with Crippen molar-refractivity contribution in [2.45, 2.75) is 91.5 Å². The first-order chi connectivity index (χ1) is 18.4. The summed E-state index contributed by atoms with van der Waals surface area (Å²) in [5.74, 6) is -2.48. The van der Waals surface area contributed by atoms with Crippen LogP contribution in [0.15, 0.2) is 34.8 Å². The minimum atomic E-state index is -1.43. The summed E-state index contributed by atoms with van der Waals surface area (Å²) in [7, 11) is 0. The number of Topliss-reactive ketones (excluding diaryl/α,β-unsaturated/α-hetero) is 1. The van der Waals surface area contributed by atoms with Gasteiger partial charge in [-0.05, 0) is 69.6 Å². The molecule has 3 rings (SSSR count). The Hall–Kier alpha value is -2.62. The Labute approximate surface area is 234 Å². The maximum Gasteiger partial charge on any atom is 0.330 e. The maximum atomic E-state index is 13.7. The van der Waals surface area contributed by atoms with E-state index in [9.17, 15) is 24.6 Å². The van der Waals surface area contributed by atoms with E-state index >= 15 is 0 Å². The highest BCUT2D eigenvalue weighted by atomic mass is 32.1. The molecule has 0 aromatic carbocycles. The standard InChI is InChI=1S/C30H41NO7S/c1-18-8-6-9-22-11-12-24(19(2)14-23-17-39-21(4)31-23)38-27(34)15-25(32)30(5,29(36)20(3)28(18)35)13-7-10-26(33)37-16-22/h7,10-11,14,17-18,20,24-25,28,32,35H,6,8-9,12-13,15-16H2,1-5H3/b10-7+,19-14+,22-11+/t18-,20-,24-,25-,28+,30-/m0/s1. The van der Waals surface area contributed by atoms with Crippen LogP contribution in [-0.4, -0.2) is 57.8 Å². The number of esters is 2. The van der Waals surface area contributed by atoms with E-state index in [1.165, 1.54) is 23.5 Å². The van der Waals surface area contributed by atoms with Crippen molar-refractivity contribution in [1.82, 2.24) is 4.98 Å². The molecule has 2 bridgehead atoms. The zero-order valence-corrected chi connectivity index (χ0v) is 24.3. The van der Waals surface area contributed by atoms with Crippen LogP contribution >= 0.6 is 11.3 Å². The average Bonchev–Trinajstić information content (AvgIpc) is 3.30. The van der Waals surface area contributed by atoms with Gasteiger partial charge < -0.3 is 19.7 Å². The second-order valence-electron chi connectivity index (χ2n) is 11.1. The number of hydrogen-bond acceptors (Lipinski definition) is 9. The Morgan fingerprint density at radius 1 is 1.23 bits per heavy atom. The second kappa shape index (κ2) is 13.6. The number of rotatable bonds is 2. The Bertz CT molecular complexity index is 1140. The lowest BCUT2D eigenvalue weighted by molar-refractivity contribution is -0.154. The summed E-state index contributed by atoms with van der Waals surface area (Å²) in [5, 5.41) is 25.1. The lowest BCUT2D eigenvalue weighted by Gasteiger charge is -2.36. The topological polar surface area (TPSA) is 123 Å². The first-order valence-electron chi connectivity index (χ1n) is 13.6. The van der Waals surface area contributed by atoms with Gasteiger partial charge in [-0.25, -0.2) is 9.78 Å². The monoisotopic (exact) mass is 559 g/mol. The third-order valence-electron chi connectivity index (χ3n) is 7.93. The number of carbonyl (C=O) groups is 3. The van der Waals surface area contributed by atoms with Gasteiger partial charge in [0.1, 0.15) is 18.5 Å². The third kappa shape index (κ3) is 8.19. The number of nitrogens with zero attached hydrogens (tertiary/aromatic N) is 1. The third-order valence-corrected chi connectivity index (χ3v) is 8.73. The summed E-state index contributed by atoms with van der Waals surface area (Å²) in [5.41, 5.74) is 1.01. The van der Waals surface area contributed by atoms with Gasteiger partial charge in [-0.3, -0.25) is 9.59 Å². The van der Waals surface area contributed by atoms with E-state index in [1.54, 1.807) is 13.8 Å². The number of ketones is 1. The number of aryl methyl sites for hydroxylation is 1. The van der Waals surface area contributed by atoms with Crippen LogP contribution in [0.25, 0.3) is 6.08 Å². The Kier molecular flexibility index (Phi) is 10.8. The molecule has 0 saturated carbocycles. The molecule has 3 heterocycles. The van der Waals surface area contributed by atoms with Crippen molar-refractivity contribution in [3.05, 3.63) is 45.5 Å². The van der Waals surface area contributed by atoms with Crippen LogP contribution in [0.1, 0.15) is 76.9 Å². The predicted octanol–water partition coefficient (Wildman–Crippen LogP) is 4.73. The van der Waals surface area contributed by atoms with Crippen LogP contribution < -0.4 is 0 Å². The number of thiazole rings is 1. The number of hydrogen-bond donors (Lipinski definition) is 2. The summed E-state index contributed by atoms with van der Waals surface area (Å²) >= 11 is 1.53. The molecule has 0 saturated heterocycles. The minimum absolute atomic E-state index is 0.00491. The van der Waals surface area contributed by atoms with Gasteiger partial charge in [-0.1, -0.05) is 26.0 Å². The molecule has 0 fully saturated rings. The van der Waals surface area contributed by atoms with E-state index in [0.29, 0.717) is 19.3 Å². The number of aliphatic hydroxyl groups excluding tert-OH is 2. The van der Waals surface area contributed by atoms with Gasteiger partial charge >= 0.3 is 11.9 Å². The number of allylic oxidation sites excluding steroid dienone is 1. The van der Waals surface area contributed by atoms with Crippen molar-refractivity contribution in [2.75, 3.05) is 6.61 Å². The molecule has 0 spiro atoms. The fourth-order valence-corrected chi connectivity index (χ4v) is 5.77. The first-order valence-corrected chi connectivity index (χ1v) is 14.5. The number of aliphatic hydroxyl groups is 2. The molecule has 6 atom stereocenters. The van der Waals surface area contributed by atoms with Gasteiger partial charge in [0.25, 0.3) is 0 Å². The second-order valence-corrected chi connectivity index (χ2v) is 12.2.